The van der Waals surface area contributed by atoms with E-state index in [4.69, 9.17) is 21.1 Å². The fourth-order valence-electron chi connectivity index (χ4n) is 1.87. The van der Waals surface area contributed by atoms with Gasteiger partial charge in [-0.1, -0.05) is 12.1 Å². The van der Waals surface area contributed by atoms with E-state index in [1.807, 2.05) is 36.4 Å². The summed E-state index contributed by atoms with van der Waals surface area (Å²) in [5.74, 6) is 1.49. The second kappa shape index (κ2) is 6.48. The lowest BCUT2D eigenvalue weighted by Gasteiger charge is -2.15. The highest BCUT2D eigenvalue weighted by Gasteiger charge is 2.16. The van der Waals surface area contributed by atoms with Gasteiger partial charge in [-0.05, 0) is 52.4 Å². The molecule has 4 heteroatoms. The largest absolute Gasteiger partial charge is 0.497 e. The molecule has 0 aliphatic carbocycles. The van der Waals surface area contributed by atoms with E-state index in [2.05, 4.69) is 28.7 Å². The Kier molecular flexibility index (Phi) is 4.93. The molecule has 0 aliphatic rings. The summed E-state index contributed by atoms with van der Waals surface area (Å²) in [5.41, 5.74) is 1.99. The van der Waals surface area contributed by atoms with Gasteiger partial charge < -0.3 is 9.47 Å². The zero-order valence-corrected chi connectivity index (χ0v) is 13.6. The SMILES string of the molecule is COc1ccc(C(Cl)c2cccc(I)c2)c(OC)c1. The van der Waals surface area contributed by atoms with Gasteiger partial charge in [-0.15, -0.1) is 11.6 Å². The molecule has 100 valence electrons. The molecule has 0 N–H and O–H groups in total. The van der Waals surface area contributed by atoms with Crippen LogP contribution >= 0.6 is 34.2 Å². The van der Waals surface area contributed by atoms with E-state index in [1.54, 1.807) is 14.2 Å². The maximum atomic E-state index is 6.56. The Balaban J connectivity index is 2.40. The Labute approximate surface area is 131 Å². The van der Waals surface area contributed by atoms with Gasteiger partial charge in [0.25, 0.3) is 0 Å². The first-order valence-corrected chi connectivity index (χ1v) is 7.28. The van der Waals surface area contributed by atoms with E-state index in [9.17, 15) is 0 Å². The summed E-state index contributed by atoms with van der Waals surface area (Å²) >= 11 is 8.84. The monoisotopic (exact) mass is 388 g/mol. The third-order valence-corrected chi connectivity index (χ3v) is 4.01. The van der Waals surface area contributed by atoms with Gasteiger partial charge in [0.1, 0.15) is 11.5 Å². The topological polar surface area (TPSA) is 18.5 Å². The highest BCUT2D eigenvalue weighted by molar-refractivity contribution is 14.1. The van der Waals surface area contributed by atoms with Crippen LogP contribution in [0.25, 0.3) is 0 Å². The third-order valence-electron chi connectivity index (χ3n) is 2.86. The molecule has 1 atom stereocenters. The molecule has 2 aromatic rings. The van der Waals surface area contributed by atoms with Gasteiger partial charge in [0.05, 0.1) is 19.6 Å². The molecule has 0 saturated carbocycles. The summed E-state index contributed by atoms with van der Waals surface area (Å²) in [7, 11) is 3.27. The molecular weight excluding hydrogens is 375 g/mol. The van der Waals surface area contributed by atoms with Crippen molar-refractivity contribution in [2.24, 2.45) is 0 Å². The maximum Gasteiger partial charge on any atom is 0.127 e. The highest BCUT2D eigenvalue weighted by atomic mass is 127. The number of halogens is 2. The van der Waals surface area contributed by atoms with E-state index in [0.717, 1.165) is 26.2 Å². The molecule has 0 saturated heterocycles. The van der Waals surface area contributed by atoms with Gasteiger partial charge in [-0.3, -0.25) is 0 Å². The second-order valence-electron chi connectivity index (χ2n) is 4.03. The number of ether oxygens (including phenoxy) is 2. The fraction of sp³-hybridized carbons (Fsp3) is 0.200. The molecule has 0 fully saturated rings. The molecule has 2 aromatic carbocycles. The van der Waals surface area contributed by atoms with Crippen molar-refractivity contribution < 1.29 is 9.47 Å². The average Bonchev–Trinajstić information content (AvgIpc) is 2.45. The number of benzene rings is 2. The van der Waals surface area contributed by atoms with Crippen LogP contribution in [0.5, 0.6) is 11.5 Å². The summed E-state index contributed by atoms with van der Waals surface area (Å²) in [5, 5.41) is -0.240. The second-order valence-corrected chi connectivity index (χ2v) is 5.71. The predicted octanol–water partition coefficient (Wildman–Crippen LogP) is 4.64. The zero-order valence-electron chi connectivity index (χ0n) is 10.7. The molecule has 0 spiro atoms. The van der Waals surface area contributed by atoms with Crippen LogP contribution in [0.4, 0.5) is 0 Å². The number of hydrogen-bond donors (Lipinski definition) is 0. The first-order valence-electron chi connectivity index (χ1n) is 5.77. The van der Waals surface area contributed by atoms with Crippen LogP contribution in [0.3, 0.4) is 0 Å². The quantitative estimate of drug-likeness (QED) is 0.561. The zero-order chi connectivity index (χ0) is 13.8. The minimum atomic E-state index is -0.240. The van der Waals surface area contributed by atoms with Gasteiger partial charge in [-0.2, -0.15) is 0 Å². The number of methoxy groups -OCH3 is 2. The lowest BCUT2D eigenvalue weighted by atomic mass is 10.0. The Morgan fingerprint density at radius 2 is 1.84 bits per heavy atom. The van der Waals surface area contributed by atoms with E-state index < -0.39 is 0 Å². The first kappa shape index (κ1) is 14.5. The Bertz CT molecular complexity index is 572. The van der Waals surface area contributed by atoms with E-state index in [-0.39, 0.29) is 5.38 Å². The summed E-state index contributed by atoms with van der Waals surface area (Å²) in [6, 6.07) is 13.8. The van der Waals surface area contributed by atoms with Gasteiger partial charge in [0.2, 0.25) is 0 Å². The molecule has 2 rings (SSSR count). The van der Waals surface area contributed by atoms with Crippen LogP contribution in [0.15, 0.2) is 42.5 Å². The first-order chi connectivity index (χ1) is 9.15. The molecule has 0 aliphatic heterocycles. The summed E-state index contributed by atoms with van der Waals surface area (Å²) in [6.45, 7) is 0. The summed E-state index contributed by atoms with van der Waals surface area (Å²) in [6.07, 6.45) is 0. The third kappa shape index (κ3) is 3.34. The molecular formula is C15H14ClIO2. The van der Waals surface area contributed by atoms with Crippen LogP contribution in [0, 0.1) is 3.57 Å². The van der Waals surface area contributed by atoms with Crippen LogP contribution in [0.1, 0.15) is 16.5 Å². The lowest BCUT2D eigenvalue weighted by Crippen LogP contribution is -1.98. The van der Waals surface area contributed by atoms with Crippen molar-refractivity contribution in [3.63, 3.8) is 0 Å². The van der Waals surface area contributed by atoms with E-state index >= 15 is 0 Å². The van der Waals surface area contributed by atoms with Crippen molar-refractivity contribution in [1.29, 1.82) is 0 Å². The van der Waals surface area contributed by atoms with E-state index in [1.165, 1.54) is 0 Å². The van der Waals surface area contributed by atoms with Crippen molar-refractivity contribution in [3.05, 3.63) is 57.2 Å². The summed E-state index contributed by atoms with van der Waals surface area (Å²) in [4.78, 5) is 0. The molecule has 0 aromatic heterocycles. The normalized spacial score (nSPS) is 12.0. The number of hydrogen-bond acceptors (Lipinski definition) is 2. The Morgan fingerprint density at radius 3 is 2.47 bits per heavy atom. The van der Waals surface area contributed by atoms with Crippen molar-refractivity contribution in [3.8, 4) is 11.5 Å². The molecule has 2 nitrogen and oxygen atoms in total. The van der Waals surface area contributed by atoms with Crippen LogP contribution in [0.2, 0.25) is 0 Å². The number of alkyl halides is 1. The fourth-order valence-corrected chi connectivity index (χ4v) is 2.75. The predicted molar refractivity (Wildman–Crippen MR) is 86.4 cm³/mol. The lowest BCUT2D eigenvalue weighted by molar-refractivity contribution is 0.391. The minimum Gasteiger partial charge on any atom is -0.497 e. The molecule has 0 heterocycles. The smallest absolute Gasteiger partial charge is 0.127 e. The van der Waals surface area contributed by atoms with Gasteiger partial charge in [-0.25, -0.2) is 0 Å². The Hall–Kier alpha value is -0.940. The van der Waals surface area contributed by atoms with Gasteiger partial charge >= 0.3 is 0 Å². The standard InChI is InChI=1S/C15H14ClIO2/c1-18-12-6-7-13(14(9-12)19-2)15(16)10-4-3-5-11(17)8-10/h3-9,15H,1-2H3. The molecule has 0 radical (unpaired) electrons. The summed E-state index contributed by atoms with van der Waals surface area (Å²) < 4.78 is 11.7. The minimum absolute atomic E-state index is 0.240. The molecule has 1 unspecified atom stereocenters. The van der Waals surface area contributed by atoms with Gasteiger partial charge in [0.15, 0.2) is 0 Å². The van der Waals surface area contributed by atoms with Crippen LogP contribution < -0.4 is 9.47 Å². The van der Waals surface area contributed by atoms with Crippen LogP contribution in [-0.2, 0) is 0 Å². The highest BCUT2D eigenvalue weighted by Crippen LogP contribution is 2.37. The maximum absolute atomic E-state index is 6.56. The Morgan fingerprint density at radius 1 is 1.05 bits per heavy atom. The molecule has 0 amide bonds. The van der Waals surface area contributed by atoms with Crippen molar-refractivity contribution in [2.75, 3.05) is 14.2 Å². The van der Waals surface area contributed by atoms with E-state index in [0.29, 0.717) is 0 Å². The van der Waals surface area contributed by atoms with Crippen molar-refractivity contribution in [2.45, 2.75) is 5.38 Å². The van der Waals surface area contributed by atoms with Crippen molar-refractivity contribution in [1.82, 2.24) is 0 Å². The number of rotatable bonds is 4. The van der Waals surface area contributed by atoms with Gasteiger partial charge in [0, 0.05) is 15.2 Å². The van der Waals surface area contributed by atoms with Crippen molar-refractivity contribution >= 4 is 34.2 Å². The molecule has 19 heavy (non-hydrogen) atoms. The van der Waals surface area contributed by atoms with Crippen LogP contribution in [-0.4, -0.2) is 14.2 Å². The average molecular weight is 389 g/mol. The molecule has 0 bridgehead atoms.